The second-order valence-electron chi connectivity index (χ2n) is 5.49. The molecule has 1 aromatic carbocycles. The van der Waals surface area contributed by atoms with Crippen LogP contribution in [0.3, 0.4) is 0 Å². The monoisotopic (exact) mass is 281 g/mol. The van der Waals surface area contributed by atoms with E-state index in [2.05, 4.69) is 31.0 Å². The number of benzene rings is 1. The van der Waals surface area contributed by atoms with Gasteiger partial charge < -0.3 is 4.90 Å². The molecule has 1 nitrogen and oxygen atoms in total. The van der Waals surface area contributed by atoms with Gasteiger partial charge in [0.25, 0.3) is 0 Å². The maximum Gasteiger partial charge on any atom is 0.0406 e. The highest BCUT2D eigenvalue weighted by Gasteiger charge is 2.00. The van der Waals surface area contributed by atoms with Gasteiger partial charge in [-0.3, -0.25) is 0 Å². The lowest BCUT2D eigenvalue weighted by Gasteiger charge is -2.16. The lowest BCUT2D eigenvalue weighted by Crippen LogP contribution is -2.18. The summed E-state index contributed by atoms with van der Waals surface area (Å²) >= 11 is 5.89. The molecular weight excluding hydrogens is 254 g/mol. The van der Waals surface area contributed by atoms with Crippen LogP contribution in [0.2, 0.25) is 5.02 Å². The van der Waals surface area contributed by atoms with E-state index in [4.69, 9.17) is 11.6 Å². The summed E-state index contributed by atoms with van der Waals surface area (Å²) in [5.41, 5.74) is 1.34. The van der Waals surface area contributed by atoms with Gasteiger partial charge >= 0.3 is 0 Å². The molecule has 0 N–H and O–H groups in total. The average molecular weight is 282 g/mol. The Morgan fingerprint density at radius 2 is 1.47 bits per heavy atom. The van der Waals surface area contributed by atoms with E-state index < -0.39 is 0 Å². The van der Waals surface area contributed by atoms with Crippen LogP contribution in [0.4, 0.5) is 0 Å². The summed E-state index contributed by atoms with van der Waals surface area (Å²) in [6.45, 7) is 4.48. The van der Waals surface area contributed by atoms with Gasteiger partial charge in [0.15, 0.2) is 0 Å². The minimum absolute atomic E-state index is 0.818. The first-order valence-electron chi connectivity index (χ1n) is 7.65. The molecule has 0 amide bonds. The molecule has 0 atom stereocenters. The van der Waals surface area contributed by atoms with Crippen LogP contribution >= 0.6 is 11.6 Å². The molecule has 19 heavy (non-hydrogen) atoms. The molecule has 0 radical (unpaired) electrons. The van der Waals surface area contributed by atoms with Gasteiger partial charge in [0.2, 0.25) is 0 Å². The summed E-state index contributed by atoms with van der Waals surface area (Å²) in [5.74, 6) is 0. The SMILES string of the molecule is CCCCCCCCCN(C)Cc1ccc(Cl)cc1. The van der Waals surface area contributed by atoms with Crippen molar-refractivity contribution in [1.82, 2.24) is 4.90 Å². The maximum absolute atomic E-state index is 5.89. The fraction of sp³-hybridized carbons (Fsp3) is 0.647. The fourth-order valence-electron chi connectivity index (χ4n) is 2.32. The lowest BCUT2D eigenvalue weighted by molar-refractivity contribution is 0.316. The Bertz CT molecular complexity index is 321. The van der Waals surface area contributed by atoms with Crippen molar-refractivity contribution in [2.75, 3.05) is 13.6 Å². The first-order valence-corrected chi connectivity index (χ1v) is 8.03. The summed E-state index contributed by atoms with van der Waals surface area (Å²) in [6, 6.07) is 8.17. The highest BCUT2D eigenvalue weighted by atomic mass is 35.5. The van der Waals surface area contributed by atoms with Crippen molar-refractivity contribution in [3.8, 4) is 0 Å². The minimum Gasteiger partial charge on any atom is -0.302 e. The van der Waals surface area contributed by atoms with Crippen LogP contribution in [-0.2, 0) is 6.54 Å². The summed E-state index contributed by atoms with van der Waals surface area (Å²) in [5, 5.41) is 0.818. The molecule has 2 heteroatoms. The number of nitrogens with zero attached hydrogens (tertiary/aromatic N) is 1. The van der Waals surface area contributed by atoms with Crippen LogP contribution < -0.4 is 0 Å². The molecule has 0 fully saturated rings. The zero-order valence-electron chi connectivity index (χ0n) is 12.5. The number of hydrogen-bond acceptors (Lipinski definition) is 1. The molecule has 0 spiro atoms. The van der Waals surface area contributed by atoms with Crippen LogP contribution in [0.25, 0.3) is 0 Å². The molecule has 1 aromatic rings. The van der Waals surface area contributed by atoms with Gasteiger partial charge in [0, 0.05) is 11.6 Å². The molecule has 0 aliphatic rings. The summed E-state index contributed by atoms with van der Waals surface area (Å²) in [4.78, 5) is 2.40. The molecule has 108 valence electrons. The number of unbranched alkanes of at least 4 members (excludes halogenated alkanes) is 6. The Labute approximate surface area is 124 Å². The largest absolute Gasteiger partial charge is 0.302 e. The highest BCUT2D eigenvalue weighted by molar-refractivity contribution is 6.30. The molecule has 0 aliphatic carbocycles. The smallest absolute Gasteiger partial charge is 0.0406 e. The van der Waals surface area contributed by atoms with Crippen LogP contribution in [-0.4, -0.2) is 18.5 Å². The van der Waals surface area contributed by atoms with Crippen molar-refractivity contribution in [1.29, 1.82) is 0 Å². The van der Waals surface area contributed by atoms with Crippen molar-refractivity contribution in [2.45, 2.75) is 58.4 Å². The molecule has 0 saturated carbocycles. The Morgan fingerprint density at radius 3 is 2.11 bits per heavy atom. The standard InChI is InChI=1S/C17H28ClN/c1-3-4-5-6-7-8-9-14-19(2)15-16-10-12-17(18)13-11-16/h10-13H,3-9,14-15H2,1-2H3. The van der Waals surface area contributed by atoms with Gasteiger partial charge in [-0.15, -0.1) is 0 Å². The van der Waals surface area contributed by atoms with Crippen LogP contribution in [0.15, 0.2) is 24.3 Å². The van der Waals surface area contributed by atoms with Crippen molar-refractivity contribution in [3.05, 3.63) is 34.9 Å². The van der Waals surface area contributed by atoms with E-state index in [1.807, 2.05) is 12.1 Å². The van der Waals surface area contributed by atoms with Crippen molar-refractivity contribution in [2.24, 2.45) is 0 Å². The van der Waals surface area contributed by atoms with E-state index in [1.54, 1.807) is 0 Å². The Hall–Kier alpha value is -0.530. The number of hydrogen-bond donors (Lipinski definition) is 0. The normalized spacial score (nSPS) is 11.2. The van der Waals surface area contributed by atoms with Gasteiger partial charge in [-0.05, 0) is 37.7 Å². The Morgan fingerprint density at radius 1 is 0.895 bits per heavy atom. The van der Waals surface area contributed by atoms with E-state index in [0.29, 0.717) is 0 Å². The third kappa shape index (κ3) is 8.28. The summed E-state index contributed by atoms with van der Waals surface area (Å²) < 4.78 is 0. The fourth-order valence-corrected chi connectivity index (χ4v) is 2.45. The number of rotatable bonds is 10. The van der Waals surface area contributed by atoms with E-state index in [1.165, 1.54) is 57.1 Å². The van der Waals surface area contributed by atoms with Crippen molar-refractivity contribution < 1.29 is 0 Å². The molecule has 0 saturated heterocycles. The first kappa shape index (κ1) is 16.5. The second-order valence-corrected chi connectivity index (χ2v) is 5.92. The van der Waals surface area contributed by atoms with Gasteiger partial charge in [-0.2, -0.15) is 0 Å². The second kappa shape index (κ2) is 10.3. The summed E-state index contributed by atoms with van der Waals surface area (Å²) in [7, 11) is 2.20. The molecule has 0 bridgehead atoms. The third-order valence-corrected chi connectivity index (χ3v) is 3.76. The average Bonchev–Trinajstić information content (AvgIpc) is 2.40. The van der Waals surface area contributed by atoms with E-state index in [0.717, 1.165) is 11.6 Å². The highest BCUT2D eigenvalue weighted by Crippen LogP contribution is 2.12. The van der Waals surface area contributed by atoms with Gasteiger partial charge in [0.1, 0.15) is 0 Å². The zero-order valence-corrected chi connectivity index (χ0v) is 13.3. The predicted octanol–water partition coefficient (Wildman–Crippen LogP) is 5.52. The van der Waals surface area contributed by atoms with E-state index in [9.17, 15) is 0 Å². The van der Waals surface area contributed by atoms with E-state index >= 15 is 0 Å². The molecule has 1 rings (SSSR count). The first-order chi connectivity index (χ1) is 9.22. The third-order valence-electron chi connectivity index (χ3n) is 3.51. The Kier molecular flexibility index (Phi) is 8.94. The van der Waals surface area contributed by atoms with Crippen LogP contribution in [0, 0.1) is 0 Å². The van der Waals surface area contributed by atoms with Crippen molar-refractivity contribution in [3.63, 3.8) is 0 Å². The Balaban J connectivity index is 2.04. The molecule has 0 aliphatic heterocycles. The van der Waals surface area contributed by atoms with Gasteiger partial charge in [-0.25, -0.2) is 0 Å². The van der Waals surface area contributed by atoms with Crippen LogP contribution in [0.5, 0.6) is 0 Å². The molecule has 0 unspecified atom stereocenters. The maximum atomic E-state index is 5.89. The predicted molar refractivity (Wildman–Crippen MR) is 85.8 cm³/mol. The van der Waals surface area contributed by atoms with E-state index in [-0.39, 0.29) is 0 Å². The van der Waals surface area contributed by atoms with Gasteiger partial charge in [-0.1, -0.05) is 69.2 Å². The summed E-state index contributed by atoms with van der Waals surface area (Å²) in [6.07, 6.45) is 9.64. The zero-order chi connectivity index (χ0) is 13.9. The molecular formula is C17H28ClN. The quantitative estimate of drug-likeness (QED) is 0.510. The van der Waals surface area contributed by atoms with Gasteiger partial charge in [0.05, 0.1) is 0 Å². The molecule has 0 heterocycles. The van der Waals surface area contributed by atoms with Crippen LogP contribution in [0.1, 0.15) is 57.4 Å². The number of halogens is 1. The van der Waals surface area contributed by atoms with Crippen molar-refractivity contribution >= 4 is 11.6 Å². The lowest BCUT2D eigenvalue weighted by atomic mass is 10.1. The minimum atomic E-state index is 0.818. The molecule has 0 aromatic heterocycles. The topological polar surface area (TPSA) is 3.24 Å².